The first-order valence-corrected chi connectivity index (χ1v) is 5.14. The molecule has 66 valence electrons. The number of carbonyl (C=O) groups is 1. The van der Waals surface area contributed by atoms with E-state index in [1.54, 1.807) is 0 Å². The molecular weight excluding hydrogens is 215 g/mol. The number of hydrogen-bond donors (Lipinski definition) is 0. The largest absolute Gasteiger partial charge is 0.550 e. The van der Waals surface area contributed by atoms with Crippen LogP contribution in [0.25, 0.3) is 0 Å². The number of alkyl halides is 2. The molecule has 0 N–H and O–H groups in total. The van der Waals surface area contributed by atoms with E-state index in [2.05, 4.69) is 0 Å². The van der Waals surface area contributed by atoms with Crippen molar-refractivity contribution in [1.82, 2.24) is 0 Å². The number of carboxylic acids is 1. The van der Waals surface area contributed by atoms with Gasteiger partial charge in [-0.15, -0.1) is 0 Å². The summed E-state index contributed by atoms with van der Waals surface area (Å²) in [5.41, 5.74) is 0. The Kier molecular flexibility index (Phi) is 4.13. The summed E-state index contributed by atoms with van der Waals surface area (Å²) in [6.07, 6.45) is -0.585. The highest BCUT2D eigenvalue weighted by Gasteiger charge is 2.19. The molecule has 4 nitrogen and oxygen atoms in total. The van der Waals surface area contributed by atoms with Crippen molar-refractivity contribution in [3.05, 3.63) is 0 Å². The van der Waals surface area contributed by atoms with Gasteiger partial charge in [0.1, 0.15) is 0 Å². The van der Waals surface area contributed by atoms with Crippen LogP contribution in [0.4, 0.5) is 0 Å². The zero-order valence-corrected chi connectivity index (χ0v) is 7.62. The smallest absolute Gasteiger partial charge is 0.207 e. The fourth-order valence-electron chi connectivity index (χ4n) is 0.315. The van der Waals surface area contributed by atoms with Crippen molar-refractivity contribution in [2.24, 2.45) is 0 Å². The summed E-state index contributed by atoms with van der Waals surface area (Å²) in [5.74, 6) is -2.03. The van der Waals surface area contributed by atoms with Crippen LogP contribution in [0.5, 0.6) is 0 Å². The lowest BCUT2D eigenvalue weighted by molar-refractivity contribution is -0.305. The molecule has 0 atom stereocenters. The number of carbonyl (C=O) groups excluding carboxylic acids is 1. The number of rotatable bonds is 4. The van der Waals surface area contributed by atoms with Crippen LogP contribution < -0.4 is 5.11 Å². The molecule has 0 spiro atoms. The Hall–Kier alpha value is -0.000000000000000111. The molecule has 0 unspecified atom stereocenters. The molecule has 0 aliphatic rings. The fraction of sp³-hybridized carbons (Fsp3) is 0.750. The summed E-state index contributed by atoms with van der Waals surface area (Å²) in [6, 6.07) is 0. The predicted molar refractivity (Wildman–Crippen MR) is 38.9 cm³/mol. The average Bonchev–Trinajstić information content (AvgIpc) is 1.84. The standard InChI is InChI=1S/C4H6Cl2O4S/c5-4(6)11(9,10)2-1-3(7)8/h4H,1-2H2,(H,7,8)/p-1. The summed E-state index contributed by atoms with van der Waals surface area (Å²) in [4.78, 5) is 9.81. The van der Waals surface area contributed by atoms with Crippen molar-refractivity contribution < 1.29 is 18.3 Å². The molecule has 11 heavy (non-hydrogen) atoms. The first-order valence-electron chi connectivity index (χ1n) is 2.56. The number of halogens is 2. The molecule has 0 heterocycles. The Balaban J connectivity index is 4.05. The molecule has 0 aromatic carbocycles. The van der Waals surface area contributed by atoms with Crippen molar-refractivity contribution in [1.29, 1.82) is 0 Å². The number of sulfone groups is 1. The van der Waals surface area contributed by atoms with Crippen LogP contribution >= 0.6 is 23.2 Å². The first kappa shape index (κ1) is 11.0. The van der Waals surface area contributed by atoms with Crippen molar-refractivity contribution in [2.45, 2.75) is 10.6 Å². The Labute approximate surface area is 74.0 Å². The Morgan fingerprint density at radius 2 is 1.91 bits per heavy atom. The van der Waals surface area contributed by atoms with Crippen LogP contribution in [0.2, 0.25) is 0 Å². The Morgan fingerprint density at radius 1 is 1.45 bits per heavy atom. The monoisotopic (exact) mass is 219 g/mol. The lowest BCUT2D eigenvalue weighted by Crippen LogP contribution is -2.26. The number of carboxylic acid groups (broad SMARTS) is 1. The molecule has 0 saturated heterocycles. The van der Waals surface area contributed by atoms with E-state index in [9.17, 15) is 18.3 Å². The molecular formula is C4H5Cl2O4S-. The summed E-state index contributed by atoms with van der Waals surface area (Å²) in [5, 5.41) is 9.81. The molecule has 0 bridgehead atoms. The molecule has 0 rings (SSSR count). The molecule has 0 aromatic rings. The highest BCUT2D eigenvalue weighted by Crippen LogP contribution is 2.12. The third-order valence-electron chi connectivity index (χ3n) is 0.862. The minimum Gasteiger partial charge on any atom is -0.550 e. The maximum absolute atomic E-state index is 10.7. The zero-order chi connectivity index (χ0) is 9.07. The Morgan fingerprint density at radius 3 is 2.18 bits per heavy atom. The van der Waals surface area contributed by atoms with Gasteiger partial charge >= 0.3 is 0 Å². The lowest BCUT2D eigenvalue weighted by atomic mass is 10.5. The summed E-state index contributed by atoms with van der Waals surface area (Å²) in [6.45, 7) is 0. The first-order chi connectivity index (χ1) is 4.86. The highest BCUT2D eigenvalue weighted by molar-refractivity contribution is 7.94. The van der Waals surface area contributed by atoms with E-state index in [4.69, 9.17) is 23.2 Å². The number of aliphatic carboxylic acids is 1. The molecule has 0 aliphatic heterocycles. The van der Waals surface area contributed by atoms with Gasteiger partial charge in [0.2, 0.25) is 4.17 Å². The van der Waals surface area contributed by atoms with Gasteiger partial charge in [0.15, 0.2) is 9.84 Å². The second kappa shape index (κ2) is 4.13. The minimum absolute atomic E-state index is 0.585. The van der Waals surface area contributed by atoms with Gasteiger partial charge in [-0.05, 0) is 0 Å². The van der Waals surface area contributed by atoms with Crippen LogP contribution in [0.15, 0.2) is 0 Å². The topological polar surface area (TPSA) is 74.3 Å². The second-order valence-corrected chi connectivity index (χ2v) is 5.57. The van der Waals surface area contributed by atoms with Crippen molar-refractivity contribution >= 4 is 39.0 Å². The van der Waals surface area contributed by atoms with Gasteiger partial charge in [-0.25, -0.2) is 8.42 Å². The van der Waals surface area contributed by atoms with Gasteiger partial charge in [0.05, 0.1) is 5.75 Å². The van der Waals surface area contributed by atoms with Gasteiger partial charge < -0.3 is 9.90 Å². The molecule has 0 aromatic heterocycles. The maximum atomic E-state index is 10.7. The van der Waals surface area contributed by atoms with E-state index in [1.165, 1.54) is 0 Å². The maximum Gasteiger partial charge on any atom is 0.207 e. The highest BCUT2D eigenvalue weighted by atomic mass is 35.5. The van der Waals surface area contributed by atoms with Gasteiger partial charge in [0, 0.05) is 12.4 Å². The molecule has 7 heteroatoms. The van der Waals surface area contributed by atoms with Crippen LogP contribution in [-0.2, 0) is 14.6 Å². The quantitative estimate of drug-likeness (QED) is 0.587. The molecule has 0 fully saturated rings. The lowest BCUT2D eigenvalue weighted by Gasteiger charge is -2.03. The van der Waals surface area contributed by atoms with E-state index in [0.717, 1.165) is 0 Å². The predicted octanol–water partition coefficient (Wildman–Crippen LogP) is -0.698. The third-order valence-corrected chi connectivity index (χ3v) is 3.81. The molecule has 0 aliphatic carbocycles. The van der Waals surface area contributed by atoms with Crippen LogP contribution in [-0.4, -0.2) is 24.3 Å². The van der Waals surface area contributed by atoms with Crippen molar-refractivity contribution in [2.75, 3.05) is 5.75 Å². The van der Waals surface area contributed by atoms with Crippen LogP contribution in [0, 0.1) is 0 Å². The number of hydrogen-bond acceptors (Lipinski definition) is 4. The van der Waals surface area contributed by atoms with Gasteiger partial charge in [-0.2, -0.15) is 0 Å². The van der Waals surface area contributed by atoms with Crippen LogP contribution in [0.1, 0.15) is 6.42 Å². The molecule has 0 radical (unpaired) electrons. The average molecular weight is 220 g/mol. The van der Waals surface area contributed by atoms with E-state index in [1.807, 2.05) is 0 Å². The van der Waals surface area contributed by atoms with Gasteiger partial charge in [-0.3, -0.25) is 0 Å². The fourth-order valence-corrected chi connectivity index (χ4v) is 1.48. The summed E-state index contributed by atoms with van der Waals surface area (Å²) in [7, 11) is -3.68. The van der Waals surface area contributed by atoms with Crippen molar-refractivity contribution in [3.63, 3.8) is 0 Å². The van der Waals surface area contributed by atoms with E-state index >= 15 is 0 Å². The van der Waals surface area contributed by atoms with Crippen molar-refractivity contribution in [3.8, 4) is 0 Å². The molecule has 0 amide bonds. The second-order valence-electron chi connectivity index (χ2n) is 1.75. The SMILES string of the molecule is O=C([O-])CCS(=O)(=O)C(Cl)Cl. The minimum atomic E-state index is -3.68. The zero-order valence-electron chi connectivity index (χ0n) is 5.29. The van der Waals surface area contributed by atoms with E-state index in [0.29, 0.717) is 0 Å². The third kappa shape index (κ3) is 4.44. The van der Waals surface area contributed by atoms with Gasteiger partial charge in [0.25, 0.3) is 0 Å². The van der Waals surface area contributed by atoms with Gasteiger partial charge in [-0.1, -0.05) is 23.2 Å². The van der Waals surface area contributed by atoms with Crippen LogP contribution in [0.3, 0.4) is 0 Å². The summed E-state index contributed by atoms with van der Waals surface area (Å²) < 4.78 is 19.8. The molecule has 0 saturated carbocycles. The Bertz CT molecular complexity index is 232. The van der Waals surface area contributed by atoms with E-state index in [-0.39, 0.29) is 0 Å². The summed E-state index contributed by atoms with van der Waals surface area (Å²) >= 11 is 10.0. The normalized spacial score (nSPS) is 11.9. The van der Waals surface area contributed by atoms with E-state index < -0.39 is 32.1 Å².